The van der Waals surface area contributed by atoms with Crippen LogP contribution in [0.2, 0.25) is 0 Å². The SMILES string of the molecule is C1=CC2=CC(c3nc(-c4ccc5ccccc5c4)nc(-c4cccc5oc6ccc(-c7cccc8oc9cc%10ccccc%10cc9c78)cc6c45)n3)=CCC2C=C1. The summed E-state index contributed by atoms with van der Waals surface area (Å²) in [5.74, 6) is 2.26. The summed E-state index contributed by atoms with van der Waals surface area (Å²) in [5.41, 5.74) is 9.61. The molecule has 0 fully saturated rings. The van der Waals surface area contributed by atoms with Crippen LogP contribution in [-0.4, -0.2) is 15.0 Å². The summed E-state index contributed by atoms with van der Waals surface area (Å²) in [6.45, 7) is 0. The highest BCUT2D eigenvalue weighted by Gasteiger charge is 2.22. The molecule has 5 heteroatoms. The number of aromatic nitrogens is 3. The molecule has 3 heterocycles. The van der Waals surface area contributed by atoms with E-state index < -0.39 is 0 Å². The lowest BCUT2D eigenvalue weighted by Crippen LogP contribution is -2.08. The van der Waals surface area contributed by atoms with Crippen LogP contribution in [-0.2, 0) is 0 Å². The molecule has 0 saturated carbocycles. The van der Waals surface area contributed by atoms with E-state index in [4.69, 9.17) is 23.8 Å². The van der Waals surface area contributed by atoms with Crippen LogP contribution in [0.5, 0.6) is 0 Å². The van der Waals surface area contributed by atoms with Gasteiger partial charge in [-0.1, -0.05) is 121 Å². The Morgan fingerprint density at radius 2 is 1.16 bits per heavy atom. The molecule has 56 heavy (non-hydrogen) atoms. The van der Waals surface area contributed by atoms with Crippen molar-refractivity contribution < 1.29 is 8.83 Å². The Labute approximate surface area is 321 Å². The molecular formula is C51H31N3O2. The zero-order valence-electron chi connectivity index (χ0n) is 30.1. The van der Waals surface area contributed by atoms with Gasteiger partial charge in [0.15, 0.2) is 17.5 Å². The van der Waals surface area contributed by atoms with E-state index in [0.717, 1.165) is 88.9 Å². The molecule has 0 amide bonds. The molecule has 0 N–H and O–H groups in total. The van der Waals surface area contributed by atoms with Gasteiger partial charge in [0.1, 0.15) is 22.3 Å². The first-order valence-electron chi connectivity index (χ1n) is 19.0. The van der Waals surface area contributed by atoms with E-state index in [1.54, 1.807) is 0 Å². The van der Waals surface area contributed by atoms with Gasteiger partial charge in [0, 0.05) is 44.2 Å². The van der Waals surface area contributed by atoms with Gasteiger partial charge in [0.05, 0.1) is 0 Å². The highest BCUT2D eigenvalue weighted by Crippen LogP contribution is 2.42. The third-order valence-electron chi connectivity index (χ3n) is 11.4. The normalized spacial score (nSPS) is 15.3. The van der Waals surface area contributed by atoms with Crippen LogP contribution in [0.25, 0.3) is 105 Å². The molecule has 5 nitrogen and oxygen atoms in total. The average Bonchev–Trinajstić information content (AvgIpc) is 3.82. The molecule has 0 saturated heterocycles. The van der Waals surface area contributed by atoms with Gasteiger partial charge in [-0.05, 0) is 93.2 Å². The number of rotatable bonds is 4. The van der Waals surface area contributed by atoms with Gasteiger partial charge in [0.25, 0.3) is 0 Å². The van der Waals surface area contributed by atoms with Crippen LogP contribution in [0.15, 0.2) is 184 Å². The van der Waals surface area contributed by atoms with E-state index >= 15 is 0 Å². The topological polar surface area (TPSA) is 65.0 Å². The molecule has 7 aromatic carbocycles. The van der Waals surface area contributed by atoms with Gasteiger partial charge in [-0.15, -0.1) is 0 Å². The predicted molar refractivity (Wildman–Crippen MR) is 228 cm³/mol. The van der Waals surface area contributed by atoms with E-state index in [0.29, 0.717) is 23.4 Å². The molecule has 3 aromatic heterocycles. The summed E-state index contributed by atoms with van der Waals surface area (Å²) < 4.78 is 13.0. The Hall–Kier alpha value is -7.37. The van der Waals surface area contributed by atoms with Crippen LogP contribution in [0.4, 0.5) is 0 Å². The van der Waals surface area contributed by atoms with Crippen molar-refractivity contribution in [2.45, 2.75) is 6.42 Å². The number of benzene rings is 7. The fourth-order valence-electron chi connectivity index (χ4n) is 8.63. The van der Waals surface area contributed by atoms with Crippen LogP contribution in [0.3, 0.4) is 0 Å². The summed E-state index contributed by atoms with van der Waals surface area (Å²) in [5, 5.41) is 8.83. The maximum absolute atomic E-state index is 6.54. The molecule has 0 aliphatic heterocycles. The second-order valence-corrected chi connectivity index (χ2v) is 14.7. The smallest absolute Gasteiger partial charge is 0.164 e. The molecular weight excluding hydrogens is 687 g/mol. The largest absolute Gasteiger partial charge is 0.456 e. The molecule has 0 radical (unpaired) electrons. The summed E-state index contributed by atoms with van der Waals surface area (Å²) in [6, 6.07) is 46.5. The van der Waals surface area contributed by atoms with Crippen molar-refractivity contribution in [3.63, 3.8) is 0 Å². The van der Waals surface area contributed by atoms with Gasteiger partial charge < -0.3 is 8.83 Å². The molecule has 262 valence electrons. The number of nitrogens with zero attached hydrogens (tertiary/aromatic N) is 3. The average molecular weight is 718 g/mol. The van der Waals surface area contributed by atoms with Crippen LogP contribution < -0.4 is 0 Å². The predicted octanol–water partition coefficient (Wildman–Crippen LogP) is 13.4. The quantitative estimate of drug-likeness (QED) is 0.181. The number of allylic oxidation sites excluding steroid dienone is 8. The molecule has 12 rings (SSSR count). The Balaban J connectivity index is 1.06. The van der Waals surface area contributed by atoms with Crippen LogP contribution in [0.1, 0.15) is 12.2 Å². The Morgan fingerprint density at radius 3 is 2.02 bits per heavy atom. The van der Waals surface area contributed by atoms with Gasteiger partial charge in [-0.2, -0.15) is 0 Å². The Kier molecular flexibility index (Phi) is 6.69. The minimum atomic E-state index is 0.371. The summed E-state index contributed by atoms with van der Waals surface area (Å²) in [4.78, 5) is 15.6. The third-order valence-corrected chi connectivity index (χ3v) is 11.4. The summed E-state index contributed by atoms with van der Waals surface area (Å²) in [7, 11) is 0. The first-order chi connectivity index (χ1) is 27.7. The van der Waals surface area contributed by atoms with E-state index in [2.05, 4.69) is 158 Å². The van der Waals surface area contributed by atoms with Gasteiger partial charge in [0.2, 0.25) is 0 Å². The van der Waals surface area contributed by atoms with Gasteiger partial charge in [-0.3, -0.25) is 0 Å². The first kappa shape index (κ1) is 31.0. The van der Waals surface area contributed by atoms with Crippen molar-refractivity contribution in [3.8, 4) is 33.9 Å². The van der Waals surface area contributed by atoms with Crippen molar-refractivity contribution in [1.82, 2.24) is 15.0 Å². The van der Waals surface area contributed by atoms with E-state index in [-0.39, 0.29) is 0 Å². The monoisotopic (exact) mass is 717 g/mol. The highest BCUT2D eigenvalue weighted by atomic mass is 16.3. The van der Waals surface area contributed by atoms with Crippen molar-refractivity contribution in [1.29, 1.82) is 0 Å². The first-order valence-corrected chi connectivity index (χ1v) is 19.0. The number of furan rings is 2. The lowest BCUT2D eigenvalue weighted by atomic mass is 9.85. The fraction of sp³-hybridized carbons (Fsp3) is 0.0392. The number of fused-ring (bicyclic) bond motifs is 9. The number of hydrogen-bond donors (Lipinski definition) is 0. The molecule has 2 aliphatic carbocycles. The van der Waals surface area contributed by atoms with Gasteiger partial charge >= 0.3 is 0 Å². The Bertz CT molecular complexity index is 3410. The molecule has 1 atom stereocenters. The summed E-state index contributed by atoms with van der Waals surface area (Å²) >= 11 is 0. The minimum absolute atomic E-state index is 0.371. The van der Waals surface area contributed by atoms with Crippen molar-refractivity contribution >= 4 is 71.0 Å². The zero-order valence-corrected chi connectivity index (χ0v) is 30.1. The second-order valence-electron chi connectivity index (χ2n) is 14.7. The lowest BCUT2D eigenvalue weighted by molar-refractivity contribution is 0.669. The number of hydrogen-bond acceptors (Lipinski definition) is 5. The molecule has 0 spiro atoms. The standard InChI is InChI=1S/C51H31N3O2/c1-3-11-32-25-37(21-19-30(32)9-1)49-52-50(38-22-20-31-10-2-4-12-33(31)26-38)54-51(53-49)40-16-8-18-45-48(40)41-28-36(23-24-43(41)55-45)39-15-7-17-44-47(39)42-27-34-13-5-6-14-35(34)29-46(42)56-44/h1-19,21-29,31H,20H2. The molecule has 2 aliphatic rings. The van der Waals surface area contributed by atoms with Gasteiger partial charge in [-0.25, -0.2) is 15.0 Å². The highest BCUT2D eigenvalue weighted by molar-refractivity contribution is 6.17. The van der Waals surface area contributed by atoms with Crippen molar-refractivity contribution in [2.24, 2.45) is 5.92 Å². The van der Waals surface area contributed by atoms with E-state index in [1.807, 2.05) is 12.1 Å². The molecule has 1 unspecified atom stereocenters. The maximum atomic E-state index is 6.54. The second kappa shape index (κ2) is 12.1. The van der Waals surface area contributed by atoms with Crippen molar-refractivity contribution in [3.05, 3.63) is 181 Å². The van der Waals surface area contributed by atoms with Crippen molar-refractivity contribution in [2.75, 3.05) is 0 Å². The molecule has 10 aromatic rings. The molecule has 0 bridgehead atoms. The van der Waals surface area contributed by atoms with E-state index in [1.165, 1.54) is 16.3 Å². The third kappa shape index (κ3) is 4.91. The summed E-state index contributed by atoms with van der Waals surface area (Å²) in [6.07, 6.45) is 14.0. The Morgan fingerprint density at radius 1 is 0.482 bits per heavy atom. The zero-order chi connectivity index (χ0) is 36.7. The minimum Gasteiger partial charge on any atom is -0.456 e. The van der Waals surface area contributed by atoms with Crippen LogP contribution in [0, 0.1) is 5.92 Å². The van der Waals surface area contributed by atoms with E-state index in [9.17, 15) is 0 Å². The maximum Gasteiger partial charge on any atom is 0.164 e. The fourth-order valence-corrected chi connectivity index (χ4v) is 8.63. The lowest BCUT2D eigenvalue weighted by Gasteiger charge is -2.20. The van der Waals surface area contributed by atoms with Crippen LogP contribution >= 0.6 is 0 Å².